The molecular formula is C17H21N3O2. The molecule has 22 heavy (non-hydrogen) atoms. The smallest absolute Gasteiger partial charge is 0.188 e. The molecule has 2 bridgehead atoms. The van der Waals surface area contributed by atoms with Crippen molar-refractivity contribution in [3.8, 4) is 0 Å². The van der Waals surface area contributed by atoms with Crippen LogP contribution in [0.5, 0.6) is 0 Å². The Morgan fingerprint density at radius 2 is 2.00 bits per heavy atom. The fourth-order valence-electron chi connectivity index (χ4n) is 4.41. The van der Waals surface area contributed by atoms with E-state index in [-0.39, 0.29) is 5.78 Å². The highest BCUT2D eigenvalue weighted by Gasteiger charge is 2.52. The van der Waals surface area contributed by atoms with Gasteiger partial charge >= 0.3 is 0 Å². The molecule has 2 unspecified atom stereocenters. The summed E-state index contributed by atoms with van der Waals surface area (Å²) >= 11 is 0. The molecule has 2 aromatic heterocycles. The Balaban J connectivity index is 1.76. The second kappa shape index (κ2) is 4.88. The fourth-order valence-corrected chi connectivity index (χ4v) is 4.41. The minimum absolute atomic E-state index is 0.0947. The summed E-state index contributed by atoms with van der Waals surface area (Å²) in [6.45, 7) is 0. The van der Waals surface area contributed by atoms with Crippen LogP contribution in [-0.2, 0) is 0 Å². The Bertz CT molecular complexity index is 722. The minimum Gasteiger partial charge on any atom is -0.390 e. The van der Waals surface area contributed by atoms with Crippen molar-refractivity contribution in [2.45, 2.75) is 57.0 Å². The summed E-state index contributed by atoms with van der Waals surface area (Å²) in [5, 5.41) is 11.6. The molecule has 0 spiro atoms. The Hall–Kier alpha value is -1.75. The van der Waals surface area contributed by atoms with E-state index in [4.69, 9.17) is 0 Å². The first-order valence-corrected chi connectivity index (χ1v) is 8.17. The summed E-state index contributed by atoms with van der Waals surface area (Å²) in [6.07, 6.45) is 10.3. The highest BCUT2D eigenvalue weighted by molar-refractivity contribution is 6.08. The molecule has 0 aliphatic heterocycles. The Morgan fingerprint density at radius 3 is 2.91 bits per heavy atom. The summed E-state index contributed by atoms with van der Waals surface area (Å²) in [7, 11) is 0. The lowest BCUT2D eigenvalue weighted by atomic mass is 9.72. The van der Waals surface area contributed by atoms with E-state index in [9.17, 15) is 9.90 Å². The third kappa shape index (κ3) is 2.07. The van der Waals surface area contributed by atoms with Crippen LogP contribution in [0.4, 0.5) is 0 Å². The fraction of sp³-hybridized carbons (Fsp3) is 0.588. The van der Waals surface area contributed by atoms with Crippen molar-refractivity contribution >= 4 is 16.8 Å². The molecule has 0 amide bonds. The molecule has 0 radical (unpaired) electrons. The molecule has 2 atom stereocenters. The third-order valence-corrected chi connectivity index (χ3v) is 5.58. The Labute approximate surface area is 129 Å². The standard InChI is InChI=1S/C17H21N3O2/c21-14(13-12-4-9-18-15(12)20-11-19-13)16-5-2-1-3-6-17(22,10-16)8-7-16/h4,9,11,22H,1-3,5-8,10H2,(H,18,19,20). The normalized spacial score (nSPS) is 31.9. The predicted molar refractivity (Wildman–Crippen MR) is 82.5 cm³/mol. The zero-order valence-corrected chi connectivity index (χ0v) is 12.6. The number of nitrogens with one attached hydrogen (secondary N) is 1. The molecule has 2 heterocycles. The Morgan fingerprint density at radius 1 is 1.14 bits per heavy atom. The summed E-state index contributed by atoms with van der Waals surface area (Å²) in [4.78, 5) is 24.8. The van der Waals surface area contributed by atoms with Crippen LogP contribution in [0.3, 0.4) is 0 Å². The number of rotatable bonds is 2. The molecule has 2 N–H and O–H groups in total. The molecule has 2 saturated carbocycles. The van der Waals surface area contributed by atoms with Gasteiger partial charge < -0.3 is 10.1 Å². The van der Waals surface area contributed by atoms with Crippen LogP contribution in [0.25, 0.3) is 11.0 Å². The van der Waals surface area contributed by atoms with E-state index in [1.807, 2.05) is 6.07 Å². The van der Waals surface area contributed by atoms with Gasteiger partial charge in [0.15, 0.2) is 5.78 Å². The zero-order valence-electron chi connectivity index (χ0n) is 12.6. The third-order valence-electron chi connectivity index (χ3n) is 5.58. The number of hydrogen-bond donors (Lipinski definition) is 2. The van der Waals surface area contributed by atoms with E-state index < -0.39 is 11.0 Å². The van der Waals surface area contributed by atoms with Gasteiger partial charge in [-0.05, 0) is 38.2 Å². The predicted octanol–water partition coefficient (Wildman–Crippen LogP) is 3.01. The number of carbonyl (C=O) groups is 1. The molecule has 2 aromatic rings. The minimum atomic E-state index is -0.652. The number of aliphatic hydroxyl groups is 1. The summed E-state index contributed by atoms with van der Waals surface area (Å²) in [5.74, 6) is 0.0947. The van der Waals surface area contributed by atoms with Crippen LogP contribution < -0.4 is 0 Å². The number of nitrogens with zero attached hydrogens (tertiary/aromatic N) is 2. The maximum Gasteiger partial charge on any atom is 0.188 e. The highest BCUT2D eigenvalue weighted by atomic mass is 16.3. The van der Waals surface area contributed by atoms with Crippen LogP contribution in [0.2, 0.25) is 0 Å². The number of hydrogen-bond acceptors (Lipinski definition) is 4. The molecule has 5 heteroatoms. The van der Waals surface area contributed by atoms with Crippen LogP contribution in [0.15, 0.2) is 18.6 Å². The van der Waals surface area contributed by atoms with Crippen molar-refractivity contribution in [1.82, 2.24) is 15.0 Å². The summed E-state index contributed by atoms with van der Waals surface area (Å²) < 4.78 is 0. The first-order valence-electron chi connectivity index (χ1n) is 8.17. The van der Waals surface area contributed by atoms with Crippen LogP contribution in [0, 0.1) is 5.41 Å². The van der Waals surface area contributed by atoms with Gasteiger partial charge in [-0.15, -0.1) is 0 Å². The maximum atomic E-state index is 13.3. The first-order chi connectivity index (χ1) is 10.6. The number of H-pyrrole nitrogens is 1. The first kappa shape index (κ1) is 13.9. The quantitative estimate of drug-likeness (QED) is 0.835. The van der Waals surface area contributed by atoms with Gasteiger partial charge in [0, 0.05) is 17.0 Å². The second-order valence-electron chi connectivity index (χ2n) is 7.03. The zero-order chi connectivity index (χ0) is 15.2. The van der Waals surface area contributed by atoms with Crippen molar-refractivity contribution in [2.24, 2.45) is 5.41 Å². The molecule has 5 nitrogen and oxygen atoms in total. The van der Waals surface area contributed by atoms with E-state index in [0.29, 0.717) is 17.8 Å². The molecule has 2 fully saturated rings. The number of aromatic nitrogens is 3. The van der Waals surface area contributed by atoms with Gasteiger partial charge in [0.25, 0.3) is 0 Å². The lowest BCUT2D eigenvalue weighted by Gasteiger charge is -2.32. The summed E-state index contributed by atoms with van der Waals surface area (Å²) in [5.41, 5.74) is 0.124. The van der Waals surface area contributed by atoms with E-state index in [1.165, 1.54) is 6.33 Å². The van der Waals surface area contributed by atoms with Crippen molar-refractivity contribution < 1.29 is 9.90 Å². The van der Waals surface area contributed by atoms with Crippen LogP contribution >= 0.6 is 0 Å². The molecule has 116 valence electrons. The van der Waals surface area contributed by atoms with Gasteiger partial charge in [-0.2, -0.15) is 0 Å². The molecule has 0 aromatic carbocycles. The molecular weight excluding hydrogens is 278 g/mol. The topological polar surface area (TPSA) is 78.9 Å². The van der Waals surface area contributed by atoms with E-state index in [1.54, 1.807) is 6.20 Å². The molecule has 0 saturated heterocycles. The van der Waals surface area contributed by atoms with Gasteiger partial charge in [-0.1, -0.05) is 19.3 Å². The van der Waals surface area contributed by atoms with Gasteiger partial charge in [0.2, 0.25) is 0 Å². The average molecular weight is 299 g/mol. The monoisotopic (exact) mass is 299 g/mol. The number of ketones is 1. The molecule has 2 aliphatic carbocycles. The summed E-state index contributed by atoms with van der Waals surface area (Å²) in [6, 6.07) is 1.86. The van der Waals surface area contributed by atoms with Crippen molar-refractivity contribution in [3.63, 3.8) is 0 Å². The second-order valence-corrected chi connectivity index (χ2v) is 7.03. The van der Waals surface area contributed by atoms with Crippen molar-refractivity contribution in [1.29, 1.82) is 0 Å². The molecule has 2 aliphatic rings. The van der Waals surface area contributed by atoms with E-state index >= 15 is 0 Å². The SMILES string of the molecule is O=C(c1ncnc2[nH]ccc12)C12CCCCCC(O)(CC1)C2. The number of aromatic amines is 1. The van der Waals surface area contributed by atoms with E-state index in [2.05, 4.69) is 15.0 Å². The van der Waals surface area contributed by atoms with Crippen LogP contribution in [-0.4, -0.2) is 31.4 Å². The lowest BCUT2D eigenvalue weighted by molar-refractivity contribution is 0.0163. The van der Waals surface area contributed by atoms with Gasteiger partial charge in [0.1, 0.15) is 17.7 Å². The van der Waals surface area contributed by atoms with Gasteiger partial charge in [-0.3, -0.25) is 4.79 Å². The van der Waals surface area contributed by atoms with Gasteiger partial charge in [-0.25, -0.2) is 9.97 Å². The van der Waals surface area contributed by atoms with Crippen molar-refractivity contribution in [2.75, 3.05) is 0 Å². The maximum absolute atomic E-state index is 13.3. The molecule has 4 rings (SSSR count). The largest absolute Gasteiger partial charge is 0.390 e. The van der Waals surface area contributed by atoms with Crippen LogP contribution in [0.1, 0.15) is 61.9 Å². The van der Waals surface area contributed by atoms with Crippen molar-refractivity contribution in [3.05, 3.63) is 24.3 Å². The Kier molecular flexibility index (Phi) is 3.08. The van der Waals surface area contributed by atoms with Gasteiger partial charge in [0.05, 0.1) is 5.60 Å². The lowest BCUT2D eigenvalue weighted by Crippen LogP contribution is -2.35. The number of carbonyl (C=O) groups excluding carboxylic acids is 1. The number of Topliss-reactive ketones (excluding diaryl/α,β-unsaturated/α-hetero) is 1. The van der Waals surface area contributed by atoms with E-state index in [0.717, 1.165) is 50.3 Å². The average Bonchev–Trinajstić information content (AvgIpc) is 3.11. The highest BCUT2D eigenvalue weighted by Crippen LogP contribution is 2.52. The number of fused-ring (bicyclic) bond motifs is 3.